The van der Waals surface area contributed by atoms with E-state index in [2.05, 4.69) is 29.5 Å². The lowest BCUT2D eigenvalue weighted by molar-refractivity contribution is 0.643. The molecule has 1 aliphatic rings. The summed E-state index contributed by atoms with van der Waals surface area (Å²) in [5.74, 6) is 1.35. The summed E-state index contributed by atoms with van der Waals surface area (Å²) in [6.07, 6.45) is 3.66. The fraction of sp³-hybridized carbons (Fsp3) is 0.571. The summed E-state index contributed by atoms with van der Waals surface area (Å²) in [6, 6.07) is 0. The third-order valence-electron chi connectivity index (χ3n) is 3.20. The largest absolute Gasteiger partial charge is 0.365 e. The number of hydrogen-bond acceptors (Lipinski definition) is 5. The van der Waals surface area contributed by atoms with Crippen molar-refractivity contribution in [1.29, 1.82) is 0 Å². The quantitative estimate of drug-likeness (QED) is 0.888. The van der Waals surface area contributed by atoms with Crippen molar-refractivity contribution in [2.24, 2.45) is 5.92 Å². The van der Waals surface area contributed by atoms with Crippen molar-refractivity contribution in [2.75, 3.05) is 12.4 Å². The first-order chi connectivity index (χ1) is 9.17. The van der Waals surface area contributed by atoms with Gasteiger partial charge in [-0.2, -0.15) is 0 Å². The molecule has 2 aromatic rings. The Hall–Kier alpha value is -0.940. The monoisotopic (exact) mass is 293 g/mol. The van der Waals surface area contributed by atoms with Crippen LogP contribution in [0.2, 0.25) is 0 Å². The minimum atomic E-state index is 0.661. The van der Waals surface area contributed by atoms with Crippen molar-refractivity contribution in [2.45, 2.75) is 39.0 Å². The van der Waals surface area contributed by atoms with Crippen LogP contribution in [0.15, 0.2) is 5.38 Å². The lowest BCUT2D eigenvalue weighted by Crippen LogP contribution is -1.93. The van der Waals surface area contributed by atoms with E-state index in [1.807, 2.05) is 18.4 Å². The van der Waals surface area contributed by atoms with Gasteiger partial charge in [0.1, 0.15) is 0 Å². The van der Waals surface area contributed by atoms with E-state index in [9.17, 15) is 0 Å². The molecule has 0 aliphatic heterocycles. The number of nitrogens with one attached hydrogen (secondary N) is 1. The normalized spacial score (nSPS) is 15.2. The first kappa shape index (κ1) is 13.1. The van der Waals surface area contributed by atoms with E-state index in [1.165, 1.54) is 28.4 Å². The van der Waals surface area contributed by atoms with E-state index in [1.54, 1.807) is 11.3 Å². The molecule has 19 heavy (non-hydrogen) atoms. The van der Waals surface area contributed by atoms with Gasteiger partial charge < -0.3 is 5.32 Å². The van der Waals surface area contributed by atoms with Gasteiger partial charge in [0.25, 0.3) is 0 Å². The van der Waals surface area contributed by atoms with Gasteiger partial charge in [-0.1, -0.05) is 13.8 Å². The third kappa shape index (κ3) is 2.82. The Labute approximate surface area is 122 Å². The van der Waals surface area contributed by atoms with E-state index < -0.39 is 0 Å². The molecule has 1 fully saturated rings. The summed E-state index contributed by atoms with van der Waals surface area (Å²) < 4.78 is 0. The molecule has 5 heteroatoms. The van der Waals surface area contributed by atoms with Gasteiger partial charge in [0.05, 0.1) is 21.3 Å². The molecule has 0 spiro atoms. The van der Waals surface area contributed by atoms with Crippen LogP contribution in [0.5, 0.6) is 0 Å². The molecule has 1 aliphatic carbocycles. The van der Waals surface area contributed by atoms with Crippen molar-refractivity contribution in [3.8, 4) is 10.6 Å². The number of rotatable bonds is 5. The summed E-state index contributed by atoms with van der Waals surface area (Å²) in [4.78, 5) is 10.8. The van der Waals surface area contributed by atoms with Crippen LogP contribution < -0.4 is 5.32 Å². The Morgan fingerprint density at radius 1 is 1.37 bits per heavy atom. The maximum Gasteiger partial charge on any atom is 0.182 e. The van der Waals surface area contributed by atoms with Crippen LogP contribution in [-0.2, 0) is 6.42 Å². The predicted octanol–water partition coefficient (Wildman–Crippen LogP) is 4.38. The first-order valence-electron chi connectivity index (χ1n) is 6.80. The molecule has 2 heterocycles. The summed E-state index contributed by atoms with van der Waals surface area (Å²) in [7, 11) is 1.92. The highest BCUT2D eigenvalue weighted by atomic mass is 32.1. The summed E-state index contributed by atoms with van der Waals surface area (Å²) >= 11 is 3.50. The maximum atomic E-state index is 4.89. The van der Waals surface area contributed by atoms with Gasteiger partial charge in [-0.25, -0.2) is 9.97 Å². The van der Waals surface area contributed by atoms with Crippen LogP contribution in [0.25, 0.3) is 10.6 Å². The topological polar surface area (TPSA) is 37.8 Å². The van der Waals surface area contributed by atoms with Crippen LogP contribution in [0.1, 0.15) is 43.3 Å². The summed E-state index contributed by atoms with van der Waals surface area (Å²) in [5, 5.41) is 7.51. The molecule has 0 atom stereocenters. The Balaban J connectivity index is 1.96. The van der Waals surface area contributed by atoms with Crippen LogP contribution in [0, 0.1) is 5.92 Å². The molecule has 0 aromatic carbocycles. The average molecular weight is 293 g/mol. The van der Waals surface area contributed by atoms with E-state index in [0.717, 1.165) is 17.2 Å². The second-order valence-electron chi connectivity index (χ2n) is 5.48. The van der Waals surface area contributed by atoms with Gasteiger partial charge in [-0.15, -0.1) is 22.7 Å². The molecule has 0 bridgehead atoms. The van der Waals surface area contributed by atoms with Crippen molar-refractivity contribution < 1.29 is 0 Å². The fourth-order valence-corrected chi connectivity index (χ4v) is 4.18. The molecule has 0 amide bonds. The van der Waals surface area contributed by atoms with Gasteiger partial charge in [-0.3, -0.25) is 0 Å². The standard InChI is InChI=1S/C14H19N3S2/c1-8(2)6-11-17-12(9-4-5-9)13(19-11)10-7-18-14(15-3)16-10/h7-9H,4-6H2,1-3H3,(H,15,16). The smallest absolute Gasteiger partial charge is 0.182 e. The molecule has 3 nitrogen and oxygen atoms in total. The summed E-state index contributed by atoms with van der Waals surface area (Å²) in [5.41, 5.74) is 2.40. The zero-order chi connectivity index (χ0) is 13.4. The van der Waals surface area contributed by atoms with E-state index >= 15 is 0 Å². The van der Waals surface area contributed by atoms with Gasteiger partial charge in [0, 0.05) is 24.8 Å². The molecule has 1 N–H and O–H groups in total. The van der Waals surface area contributed by atoms with Gasteiger partial charge in [0.15, 0.2) is 5.13 Å². The van der Waals surface area contributed by atoms with Crippen molar-refractivity contribution in [1.82, 2.24) is 9.97 Å². The molecule has 3 rings (SSSR count). The number of anilines is 1. The van der Waals surface area contributed by atoms with Gasteiger partial charge >= 0.3 is 0 Å². The molecule has 1 saturated carbocycles. The predicted molar refractivity (Wildman–Crippen MR) is 83.3 cm³/mol. The Kier molecular flexibility index (Phi) is 3.58. The van der Waals surface area contributed by atoms with Gasteiger partial charge in [0.2, 0.25) is 0 Å². The third-order valence-corrected chi connectivity index (χ3v) is 5.17. The Morgan fingerprint density at radius 2 is 2.16 bits per heavy atom. The highest BCUT2D eigenvalue weighted by Crippen LogP contribution is 2.46. The molecule has 102 valence electrons. The molecular weight excluding hydrogens is 274 g/mol. The van der Waals surface area contributed by atoms with Gasteiger partial charge in [-0.05, 0) is 18.8 Å². The van der Waals surface area contributed by atoms with Crippen molar-refractivity contribution in [3.63, 3.8) is 0 Å². The highest BCUT2D eigenvalue weighted by molar-refractivity contribution is 7.16. The molecule has 0 unspecified atom stereocenters. The lowest BCUT2D eigenvalue weighted by Gasteiger charge is -1.98. The van der Waals surface area contributed by atoms with Crippen molar-refractivity contribution >= 4 is 27.8 Å². The zero-order valence-corrected chi connectivity index (χ0v) is 13.2. The maximum absolute atomic E-state index is 4.89. The lowest BCUT2D eigenvalue weighted by atomic mass is 10.1. The summed E-state index contributed by atoms with van der Waals surface area (Å²) in [6.45, 7) is 4.50. The van der Waals surface area contributed by atoms with E-state index in [4.69, 9.17) is 4.98 Å². The van der Waals surface area contributed by atoms with E-state index in [-0.39, 0.29) is 0 Å². The van der Waals surface area contributed by atoms with Crippen molar-refractivity contribution in [3.05, 3.63) is 16.1 Å². The molecule has 0 radical (unpaired) electrons. The molecular formula is C14H19N3S2. The Morgan fingerprint density at radius 3 is 2.74 bits per heavy atom. The van der Waals surface area contributed by atoms with Crippen LogP contribution in [0.4, 0.5) is 5.13 Å². The first-order valence-corrected chi connectivity index (χ1v) is 8.50. The second kappa shape index (κ2) is 5.21. The van der Waals surface area contributed by atoms with Crippen LogP contribution in [0.3, 0.4) is 0 Å². The minimum absolute atomic E-state index is 0.661. The zero-order valence-electron chi connectivity index (χ0n) is 11.6. The number of thiazole rings is 2. The fourth-order valence-electron chi connectivity index (χ4n) is 2.12. The highest BCUT2D eigenvalue weighted by Gasteiger charge is 2.30. The molecule has 2 aromatic heterocycles. The number of hydrogen-bond donors (Lipinski definition) is 1. The SMILES string of the molecule is CNc1nc(-c2sc(CC(C)C)nc2C2CC2)cs1. The number of nitrogens with zero attached hydrogens (tertiary/aromatic N) is 2. The van der Waals surface area contributed by atoms with Crippen LogP contribution in [-0.4, -0.2) is 17.0 Å². The Bertz CT molecular complexity index is 567. The second-order valence-corrected chi connectivity index (χ2v) is 7.42. The van der Waals surface area contributed by atoms with Crippen LogP contribution >= 0.6 is 22.7 Å². The molecule has 0 saturated heterocycles. The number of aromatic nitrogens is 2. The average Bonchev–Trinajstić information content (AvgIpc) is 2.96. The minimum Gasteiger partial charge on any atom is -0.365 e. The van der Waals surface area contributed by atoms with E-state index in [0.29, 0.717) is 11.8 Å².